The summed E-state index contributed by atoms with van der Waals surface area (Å²) in [5.74, 6) is 12.2. The molecule has 0 N–H and O–H groups in total. The van der Waals surface area contributed by atoms with Crippen molar-refractivity contribution in [2.45, 2.75) is 39.9 Å². The third kappa shape index (κ3) is 5.06. The Bertz CT molecular complexity index is 740. The summed E-state index contributed by atoms with van der Waals surface area (Å²) in [6.45, 7) is 8.95. The minimum atomic E-state index is -0.161. The first-order chi connectivity index (χ1) is 11.6. The van der Waals surface area contributed by atoms with Gasteiger partial charge in [-0.15, -0.1) is 0 Å². The van der Waals surface area contributed by atoms with Gasteiger partial charge in [0, 0.05) is 13.2 Å². The van der Waals surface area contributed by atoms with Crippen molar-refractivity contribution in [1.82, 2.24) is 9.97 Å². The fourth-order valence-corrected chi connectivity index (χ4v) is 2.10. The molecule has 4 nitrogen and oxygen atoms in total. The number of rotatable bonds is 4. The van der Waals surface area contributed by atoms with Gasteiger partial charge in [-0.2, -0.15) is 0 Å². The number of hydrogen-bond acceptors (Lipinski definition) is 4. The summed E-state index contributed by atoms with van der Waals surface area (Å²) >= 11 is 0. The molecule has 2 aromatic rings. The quantitative estimate of drug-likeness (QED) is 0.811. The van der Waals surface area contributed by atoms with Crippen molar-refractivity contribution in [3.8, 4) is 23.7 Å². The number of aromatic nitrogens is 2. The number of nitrogens with zero attached hydrogens (tertiary/aromatic N) is 2. The van der Waals surface area contributed by atoms with Gasteiger partial charge in [0.15, 0.2) is 0 Å². The van der Waals surface area contributed by atoms with E-state index in [4.69, 9.17) is 9.47 Å². The lowest BCUT2D eigenvalue weighted by Gasteiger charge is -2.04. The molecule has 0 amide bonds. The highest BCUT2D eigenvalue weighted by molar-refractivity contribution is 5.75. The van der Waals surface area contributed by atoms with E-state index in [9.17, 15) is 0 Å². The van der Waals surface area contributed by atoms with Gasteiger partial charge in [-0.3, -0.25) is 0 Å². The molecule has 2 atom stereocenters. The van der Waals surface area contributed by atoms with Gasteiger partial charge in [-0.25, -0.2) is 9.97 Å². The molecule has 0 aliphatic rings. The fourth-order valence-electron chi connectivity index (χ4n) is 2.10. The maximum Gasteiger partial charge on any atom is 0.148 e. The number of fused-ring (bicyclic) bond motifs is 1. The zero-order valence-electron chi connectivity index (χ0n) is 14.6. The number of ether oxygens (including phenoxy) is 2. The molecule has 1 heterocycles. The van der Waals surface area contributed by atoms with Crippen molar-refractivity contribution >= 4 is 11.0 Å². The minimum absolute atomic E-state index is 0.161. The molecule has 24 heavy (non-hydrogen) atoms. The van der Waals surface area contributed by atoms with Gasteiger partial charge in [0.25, 0.3) is 0 Å². The van der Waals surface area contributed by atoms with Gasteiger partial charge in [-0.05, 0) is 51.7 Å². The molecule has 0 saturated heterocycles. The van der Waals surface area contributed by atoms with Crippen LogP contribution in [-0.2, 0) is 9.47 Å². The maximum absolute atomic E-state index is 5.44. The first-order valence-electron chi connectivity index (χ1n) is 8.17. The van der Waals surface area contributed by atoms with Crippen LogP contribution in [0, 0.1) is 23.7 Å². The second-order valence-electron chi connectivity index (χ2n) is 5.14. The fraction of sp³-hybridized carbons (Fsp3) is 0.400. The molecular weight excluding hydrogens is 300 g/mol. The van der Waals surface area contributed by atoms with Crippen LogP contribution in [-0.4, -0.2) is 35.4 Å². The Hall–Kier alpha value is -2.40. The highest BCUT2D eigenvalue weighted by atomic mass is 16.5. The molecule has 1 aromatic heterocycles. The molecular formula is C20H22N2O2. The van der Waals surface area contributed by atoms with Crippen LogP contribution in [0.15, 0.2) is 24.3 Å². The summed E-state index contributed by atoms with van der Waals surface area (Å²) in [6.07, 6.45) is -0.321. The van der Waals surface area contributed by atoms with Gasteiger partial charge in [0.1, 0.15) is 23.6 Å². The third-order valence-corrected chi connectivity index (χ3v) is 3.19. The zero-order valence-corrected chi connectivity index (χ0v) is 14.6. The van der Waals surface area contributed by atoms with Gasteiger partial charge < -0.3 is 9.47 Å². The van der Waals surface area contributed by atoms with E-state index in [0.717, 1.165) is 11.0 Å². The highest BCUT2D eigenvalue weighted by Crippen LogP contribution is 2.12. The van der Waals surface area contributed by atoms with E-state index in [0.29, 0.717) is 24.6 Å². The second-order valence-corrected chi connectivity index (χ2v) is 5.14. The molecule has 1 aromatic carbocycles. The van der Waals surface area contributed by atoms with E-state index < -0.39 is 0 Å². The van der Waals surface area contributed by atoms with Gasteiger partial charge in [0.2, 0.25) is 0 Å². The second kappa shape index (κ2) is 9.03. The van der Waals surface area contributed by atoms with E-state index in [1.165, 1.54) is 0 Å². The Labute approximate surface area is 143 Å². The summed E-state index contributed by atoms with van der Waals surface area (Å²) in [5, 5.41) is 0. The molecule has 124 valence electrons. The number of hydrogen-bond donors (Lipinski definition) is 0. The van der Waals surface area contributed by atoms with E-state index in [1.54, 1.807) is 0 Å². The molecule has 0 unspecified atom stereocenters. The number of benzene rings is 1. The maximum atomic E-state index is 5.44. The van der Waals surface area contributed by atoms with Crippen LogP contribution >= 0.6 is 0 Å². The van der Waals surface area contributed by atoms with Crippen LogP contribution in [0.4, 0.5) is 0 Å². The first kappa shape index (κ1) is 17.9. The molecule has 4 heteroatoms. The predicted octanol–water partition coefficient (Wildman–Crippen LogP) is 3.18. The highest BCUT2D eigenvalue weighted by Gasteiger charge is 2.06. The average molecular weight is 322 g/mol. The van der Waals surface area contributed by atoms with E-state index >= 15 is 0 Å². The first-order valence-corrected chi connectivity index (χ1v) is 8.17. The monoisotopic (exact) mass is 322 g/mol. The average Bonchev–Trinajstić information content (AvgIpc) is 2.58. The van der Waals surface area contributed by atoms with Gasteiger partial charge >= 0.3 is 0 Å². The molecule has 0 saturated carbocycles. The van der Waals surface area contributed by atoms with Crippen molar-refractivity contribution < 1.29 is 9.47 Å². The largest absolute Gasteiger partial charge is 0.366 e. The Morgan fingerprint density at radius 2 is 1.25 bits per heavy atom. The lowest BCUT2D eigenvalue weighted by Crippen LogP contribution is -2.05. The van der Waals surface area contributed by atoms with Crippen LogP contribution in [0.3, 0.4) is 0 Å². The van der Waals surface area contributed by atoms with Crippen LogP contribution in [0.1, 0.15) is 39.1 Å². The van der Waals surface area contributed by atoms with Crippen LogP contribution in [0.5, 0.6) is 0 Å². The van der Waals surface area contributed by atoms with E-state index in [2.05, 4.69) is 33.6 Å². The van der Waals surface area contributed by atoms with Crippen LogP contribution in [0.25, 0.3) is 11.0 Å². The molecule has 2 rings (SSSR count). The summed E-state index contributed by atoms with van der Waals surface area (Å²) in [4.78, 5) is 9.19. The lowest BCUT2D eigenvalue weighted by atomic mass is 10.2. The summed E-state index contributed by atoms with van der Waals surface area (Å²) in [6, 6.07) is 7.69. The summed E-state index contributed by atoms with van der Waals surface area (Å²) in [5.41, 5.74) is 2.73. The van der Waals surface area contributed by atoms with Gasteiger partial charge in [-0.1, -0.05) is 24.0 Å². The van der Waals surface area contributed by atoms with Gasteiger partial charge in [0.05, 0.1) is 11.0 Å². The molecule has 0 aliphatic heterocycles. The minimum Gasteiger partial charge on any atom is -0.366 e. The molecule has 0 aliphatic carbocycles. The van der Waals surface area contributed by atoms with Crippen LogP contribution < -0.4 is 0 Å². The van der Waals surface area contributed by atoms with E-state index in [-0.39, 0.29) is 12.2 Å². The van der Waals surface area contributed by atoms with Crippen molar-refractivity contribution in [1.29, 1.82) is 0 Å². The molecule has 0 bridgehead atoms. The standard InChI is InChI=1S/C20H22N2O2/c1-5-23-15(3)11-13-19-20(14-12-16(4)24-6-2)22-18-10-8-7-9-17(18)21-19/h7-10,15-16H,5-6H2,1-4H3/t15-,16-/m1/s1. The van der Waals surface area contributed by atoms with Crippen molar-refractivity contribution in [2.75, 3.05) is 13.2 Å². The smallest absolute Gasteiger partial charge is 0.148 e. The lowest BCUT2D eigenvalue weighted by molar-refractivity contribution is 0.116. The number of para-hydroxylation sites is 2. The van der Waals surface area contributed by atoms with Crippen molar-refractivity contribution in [2.24, 2.45) is 0 Å². The normalized spacial score (nSPS) is 12.7. The summed E-state index contributed by atoms with van der Waals surface area (Å²) < 4.78 is 10.9. The predicted molar refractivity (Wildman–Crippen MR) is 95.5 cm³/mol. The van der Waals surface area contributed by atoms with E-state index in [1.807, 2.05) is 52.0 Å². The molecule has 0 fully saturated rings. The Morgan fingerprint density at radius 3 is 1.62 bits per heavy atom. The zero-order chi connectivity index (χ0) is 17.4. The third-order valence-electron chi connectivity index (χ3n) is 3.19. The molecule has 0 radical (unpaired) electrons. The Balaban J connectivity index is 2.43. The topological polar surface area (TPSA) is 44.2 Å². The SMILES string of the molecule is CCO[C@H](C)C#Cc1nc2ccccc2nc1C#C[C@@H](C)OCC. The summed E-state index contributed by atoms with van der Waals surface area (Å²) in [7, 11) is 0. The van der Waals surface area contributed by atoms with Crippen molar-refractivity contribution in [3.05, 3.63) is 35.7 Å². The van der Waals surface area contributed by atoms with Crippen molar-refractivity contribution in [3.63, 3.8) is 0 Å². The van der Waals surface area contributed by atoms with Crippen LogP contribution in [0.2, 0.25) is 0 Å². The molecule has 0 spiro atoms. The Morgan fingerprint density at radius 1 is 0.833 bits per heavy atom. The Kier molecular flexibility index (Phi) is 6.75.